The molecule has 1 aromatic carbocycles. The smallest absolute Gasteiger partial charge is 0.313 e. The second kappa shape index (κ2) is 5.73. The summed E-state index contributed by atoms with van der Waals surface area (Å²) in [5.41, 5.74) is 1.89. The summed E-state index contributed by atoms with van der Waals surface area (Å²) in [6.07, 6.45) is 2.49. The van der Waals surface area contributed by atoms with Gasteiger partial charge >= 0.3 is 5.97 Å². The van der Waals surface area contributed by atoms with Crippen LogP contribution in [-0.4, -0.2) is 18.7 Å². The topological polar surface area (TPSA) is 35.5 Å². The summed E-state index contributed by atoms with van der Waals surface area (Å²) in [6, 6.07) is 6.06. The number of halogens is 1. The van der Waals surface area contributed by atoms with E-state index < -0.39 is 5.41 Å². The Morgan fingerprint density at radius 3 is 2.95 bits per heavy atom. The van der Waals surface area contributed by atoms with E-state index >= 15 is 0 Å². The van der Waals surface area contributed by atoms with Gasteiger partial charge in [-0.25, -0.2) is 0 Å². The van der Waals surface area contributed by atoms with E-state index in [4.69, 9.17) is 9.47 Å². The molecule has 1 aromatic rings. The van der Waals surface area contributed by atoms with Gasteiger partial charge in [0.1, 0.15) is 5.75 Å². The first-order chi connectivity index (χ1) is 10.4. The number of carbonyl (C=O) groups is 1. The van der Waals surface area contributed by atoms with E-state index in [-0.39, 0.29) is 18.0 Å². The largest absolute Gasteiger partial charge is 0.490 e. The number of rotatable bonds is 4. The summed E-state index contributed by atoms with van der Waals surface area (Å²) in [5, 5.41) is 0. The molecule has 118 valence electrons. The minimum atomic E-state index is -0.406. The van der Waals surface area contributed by atoms with Crippen molar-refractivity contribution < 1.29 is 14.3 Å². The third-order valence-corrected chi connectivity index (χ3v) is 5.20. The van der Waals surface area contributed by atoms with Gasteiger partial charge in [-0.15, -0.1) is 0 Å². The molecule has 1 saturated heterocycles. The maximum absolute atomic E-state index is 12.3. The zero-order valence-electron chi connectivity index (χ0n) is 13.0. The standard InChI is InChI=1S/C18H21BrO3/c1-11(2)22-16-5-4-13(7-15(16)19)9-18-8-12(3)6-14(18)10-21-17(18)20/h4-5,7,11,14H,3,6,8-10H2,1-2H3. The lowest BCUT2D eigenvalue weighted by Crippen LogP contribution is -2.31. The molecular formula is C18H21BrO3. The SMILES string of the molecule is C=C1CC2COC(=O)C2(Cc2ccc(OC(C)C)c(Br)c2)C1. The molecule has 0 aromatic heterocycles. The maximum atomic E-state index is 12.3. The van der Waals surface area contributed by atoms with Crippen LogP contribution in [0.1, 0.15) is 32.3 Å². The second-order valence-electron chi connectivity index (χ2n) is 6.69. The molecule has 2 fully saturated rings. The van der Waals surface area contributed by atoms with Crippen LogP contribution in [0.4, 0.5) is 0 Å². The van der Waals surface area contributed by atoms with Crippen LogP contribution in [0.5, 0.6) is 5.75 Å². The molecule has 3 nitrogen and oxygen atoms in total. The fourth-order valence-electron chi connectivity index (χ4n) is 3.63. The van der Waals surface area contributed by atoms with Gasteiger partial charge in [0.15, 0.2) is 0 Å². The van der Waals surface area contributed by atoms with Crippen LogP contribution < -0.4 is 4.74 Å². The highest BCUT2D eigenvalue weighted by Gasteiger charge is 2.55. The zero-order chi connectivity index (χ0) is 15.9. The predicted octanol–water partition coefficient (Wildman–Crippen LogP) is 4.29. The Bertz CT molecular complexity index is 623. The molecule has 0 N–H and O–H groups in total. The second-order valence-corrected chi connectivity index (χ2v) is 7.54. The Morgan fingerprint density at radius 2 is 2.27 bits per heavy atom. The van der Waals surface area contributed by atoms with Crippen molar-refractivity contribution in [1.29, 1.82) is 0 Å². The summed E-state index contributed by atoms with van der Waals surface area (Å²) in [4.78, 5) is 12.3. The number of hydrogen-bond donors (Lipinski definition) is 0. The Balaban J connectivity index is 1.85. The monoisotopic (exact) mass is 364 g/mol. The van der Waals surface area contributed by atoms with E-state index in [1.54, 1.807) is 0 Å². The molecular weight excluding hydrogens is 344 g/mol. The van der Waals surface area contributed by atoms with Gasteiger partial charge in [0.2, 0.25) is 0 Å². The molecule has 1 aliphatic carbocycles. The van der Waals surface area contributed by atoms with E-state index in [1.807, 2.05) is 26.0 Å². The lowest BCUT2D eigenvalue weighted by Gasteiger charge is -2.24. The number of esters is 1. The van der Waals surface area contributed by atoms with Gasteiger partial charge in [-0.3, -0.25) is 4.79 Å². The minimum Gasteiger partial charge on any atom is -0.490 e. The quantitative estimate of drug-likeness (QED) is 0.590. The lowest BCUT2D eigenvalue weighted by molar-refractivity contribution is -0.146. The zero-order valence-corrected chi connectivity index (χ0v) is 14.6. The molecule has 1 saturated carbocycles. The number of carbonyl (C=O) groups excluding carboxylic acids is 1. The van der Waals surface area contributed by atoms with Crippen LogP contribution >= 0.6 is 15.9 Å². The van der Waals surface area contributed by atoms with Crippen molar-refractivity contribution in [3.8, 4) is 5.75 Å². The van der Waals surface area contributed by atoms with E-state index in [9.17, 15) is 4.79 Å². The molecule has 0 amide bonds. The lowest BCUT2D eigenvalue weighted by atomic mass is 9.75. The van der Waals surface area contributed by atoms with Gasteiger partial charge in [0.25, 0.3) is 0 Å². The van der Waals surface area contributed by atoms with Gasteiger partial charge in [-0.1, -0.05) is 18.2 Å². The van der Waals surface area contributed by atoms with E-state index in [0.29, 0.717) is 13.0 Å². The third-order valence-electron chi connectivity index (χ3n) is 4.58. The van der Waals surface area contributed by atoms with Crippen molar-refractivity contribution >= 4 is 21.9 Å². The van der Waals surface area contributed by atoms with Gasteiger partial charge in [-0.05, 0) is 66.7 Å². The number of cyclic esters (lactones) is 1. The molecule has 22 heavy (non-hydrogen) atoms. The van der Waals surface area contributed by atoms with Crippen molar-refractivity contribution in [2.45, 2.75) is 39.2 Å². The van der Waals surface area contributed by atoms with Crippen molar-refractivity contribution in [2.24, 2.45) is 11.3 Å². The van der Waals surface area contributed by atoms with Crippen LogP contribution in [0.3, 0.4) is 0 Å². The highest BCUT2D eigenvalue weighted by molar-refractivity contribution is 9.10. The molecule has 0 spiro atoms. The van der Waals surface area contributed by atoms with E-state index in [0.717, 1.165) is 28.6 Å². The Morgan fingerprint density at radius 1 is 1.50 bits per heavy atom. The van der Waals surface area contributed by atoms with E-state index in [1.165, 1.54) is 5.57 Å². The third kappa shape index (κ3) is 2.69. The van der Waals surface area contributed by atoms with Crippen LogP contribution in [0.2, 0.25) is 0 Å². The first kappa shape index (κ1) is 15.6. The fraction of sp³-hybridized carbons (Fsp3) is 0.500. The Labute approximate surface area is 139 Å². The van der Waals surface area contributed by atoms with Gasteiger partial charge in [0, 0.05) is 5.92 Å². The molecule has 1 heterocycles. The first-order valence-corrected chi connectivity index (χ1v) is 8.49. The number of benzene rings is 1. The predicted molar refractivity (Wildman–Crippen MR) is 88.9 cm³/mol. The number of hydrogen-bond acceptors (Lipinski definition) is 3. The van der Waals surface area contributed by atoms with Crippen LogP contribution in [0.25, 0.3) is 0 Å². The summed E-state index contributed by atoms with van der Waals surface area (Å²) in [6.45, 7) is 8.63. The highest BCUT2D eigenvalue weighted by atomic mass is 79.9. The minimum absolute atomic E-state index is 0.0604. The van der Waals surface area contributed by atoms with E-state index in [2.05, 4.69) is 28.6 Å². The fourth-order valence-corrected chi connectivity index (χ4v) is 4.15. The van der Waals surface area contributed by atoms with Crippen molar-refractivity contribution in [2.75, 3.05) is 6.61 Å². The highest BCUT2D eigenvalue weighted by Crippen LogP contribution is 2.52. The van der Waals surface area contributed by atoms with Crippen molar-refractivity contribution in [3.63, 3.8) is 0 Å². The van der Waals surface area contributed by atoms with Gasteiger partial charge in [0.05, 0.1) is 22.6 Å². The number of allylic oxidation sites excluding steroid dienone is 1. The normalized spacial score (nSPS) is 27.2. The number of ether oxygens (including phenoxy) is 2. The van der Waals surface area contributed by atoms with Gasteiger partial charge in [-0.2, -0.15) is 0 Å². The summed E-state index contributed by atoms with van der Waals surface area (Å²) in [7, 11) is 0. The van der Waals surface area contributed by atoms with Gasteiger partial charge < -0.3 is 9.47 Å². The molecule has 2 unspecified atom stereocenters. The average molecular weight is 365 g/mol. The summed E-state index contributed by atoms with van der Waals surface area (Å²) < 4.78 is 12.0. The van der Waals surface area contributed by atoms with Crippen LogP contribution in [0.15, 0.2) is 34.8 Å². The summed E-state index contributed by atoms with van der Waals surface area (Å²) >= 11 is 3.56. The maximum Gasteiger partial charge on any atom is 0.313 e. The average Bonchev–Trinajstić information content (AvgIpc) is 2.89. The Hall–Kier alpha value is -1.29. The first-order valence-electron chi connectivity index (χ1n) is 7.69. The van der Waals surface area contributed by atoms with Crippen molar-refractivity contribution in [3.05, 3.63) is 40.4 Å². The molecule has 2 aliphatic rings. The molecule has 2 atom stereocenters. The van der Waals surface area contributed by atoms with Crippen molar-refractivity contribution in [1.82, 2.24) is 0 Å². The molecule has 0 bridgehead atoms. The summed E-state index contributed by atoms with van der Waals surface area (Å²) in [5.74, 6) is 1.05. The Kier molecular flexibility index (Phi) is 4.06. The molecule has 4 heteroatoms. The molecule has 1 aliphatic heterocycles. The molecule has 3 rings (SSSR count). The van der Waals surface area contributed by atoms with Crippen LogP contribution in [-0.2, 0) is 16.0 Å². The molecule has 0 radical (unpaired) electrons. The van der Waals surface area contributed by atoms with Crippen LogP contribution in [0, 0.1) is 11.3 Å². The number of fused-ring (bicyclic) bond motifs is 1.